The van der Waals surface area contributed by atoms with Crippen LogP contribution in [-0.4, -0.2) is 23.4 Å². The van der Waals surface area contributed by atoms with Crippen molar-refractivity contribution in [1.29, 1.82) is 0 Å². The van der Waals surface area contributed by atoms with Crippen LogP contribution >= 0.6 is 0 Å². The third kappa shape index (κ3) is 3.46. The van der Waals surface area contributed by atoms with Crippen LogP contribution in [0.3, 0.4) is 0 Å². The van der Waals surface area contributed by atoms with Gasteiger partial charge >= 0.3 is 0 Å². The molecule has 0 amide bonds. The van der Waals surface area contributed by atoms with Crippen LogP contribution < -0.4 is 0 Å². The van der Waals surface area contributed by atoms with Crippen molar-refractivity contribution in [2.45, 2.75) is 71.0 Å². The zero-order chi connectivity index (χ0) is 12.4. The topological polar surface area (TPSA) is 29.5 Å². The first-order chi connectivity index (χ1) is 7.29. The van der Waals surface area contributed by atoms with Gasteiger partial charge in [-0.25, -0.2) is 0 Å². The van der Waals surface area contributed by atoms with Gasteiger partial charge in [0.25, 0.3) is 0 Å². The second-order valence-corrected chi connectivity index (χ2v) is 6.36. The molecule has 0 spiro atoms. The van der Waals surface area contributed by atoms with Gasteiger partial charge in [0.1, 0.15) is 0 Å². The Balaban J connectivity index is 2.55. The summed E-state index contributed by atoms with van der Waals surface area (Å²) in [6, 6.07) is 0. The molecule has 16 heavy (non-hydrogen) atoms. The Morgan fingerprint density at radius 1 is 1.31 bits per heavy atom. The fourth-order valence-corrected chi connectivity index (χ4v) is 2.68. The van der Waals surface area contributed by atoms with Crippen molar-refractivity contribution in [3.8, 4) is 0 Å². The lowest BCUT2D eigenvalue weighted by Crippen LogP contribution is -2.43. The number of hydrogen-bond acceptors (Lipinski definition) is 2. The molecule has 2 nitrogen and oxygen atoms in total. The zero-order valence-corrected chi connectivity index (χ0v) is 11.5. The van der Waals surface area contributed by atoms with Gasteiger partial charge in [-0.2, -0.15) is 0 Å². The Bertz CT molecular complexity index is 225. The summed E-state index contributed by atoms with van der Waals surface area (Å²) in [5.74, 6) is 1.09. The summed E-state index contributed by atoms with van der Waals surface area (Å²) in [6.45, 7) is 8.62. The summed E-state index contributed by atoms with van der Waals surface area (Å²) >= 11 is 0. The van der Waals surface area contributed by atoms with Gasteiger partial charge < -0.3 is 9.84 Å². The molecule has 1 fully saturated rings. The van der Waals surface area contributed by atoms with Gasteiger partial charge in [0, 0.05) is 7.11 Å². The van der Waals surface area contributed by atoms with E-state index in [0.29, 0.717) is 11.8 Å². The highest BCUT2D eigenvalue weighted by Crippen LogP contribution is 2.40. The molecule has 0 aromatic rings. The minimum atomic E-state index is -0.465. The van der Waals surface area contributed by atoms with E-state index in [1.54, 1.807) is 7.11 Å². The quantitative estimate of drug-likeness (QED) is 0.799. The number of methoxy groups -OCH3 is 1. The minimum absolute atomic E-state index is 0.115. The SMILES string of the molecule is COC(C)(C)CCC1(O)CC(C)CCC1C. The Morgan fingerprint density at radius 2 is 1.94 bits per heavy atom. The van der Waals surface area contributed by atoms with Crippen molar-refractivity contribution >= 4 is 0 Å². The Kier molecular flexibility index (Phi) is 4.42. The van der Waals surface area contributed by atoms with Crippen LogP contribution in [0.4, 0.5) is 0 Å². The first kappa shape index (κ1) is 14.0. The molecule has 3 atom stereocenters. The zero-order valence-electron chi connectivity index (χ0n) is 11.5. The molecule has 1 aliphatic carbocycles. The van der Waals surface area contributed by atoms with Crippen molar-refractivity contribution in [3.05, 3.63) is 0 Å². The maximum atomic E-state index is 10.7. The maximum Gasteiger partial charge on any atom is 0.0676 e. The second kappa shape index (κ2) is 5.05. The van der Waals surface area contributed by atoms with Gasteiger partial charge in [-0.3, -0.25) is 0 Å². The smallest absolute Gasteiger partial charge is 0.0676 e. The van der Waals surface area contributed by atoms with E-state index in [9.17, 15) is 5.11 Å². The average molecular weight is 228 g/mol. The van der Waals surface area contributed by atoms with Gasteiger partial charge in [0.15, 0.2) is 0 Å². The Labute approximate surface area is 100 Å². The summed E-state index contributed by atoms with van der Waals surface area (Å²) in [5.41, 5.74) is -0.580. The lowest BCUT2D eigenvalue weighted by atomic mass is 9.69. The van der Waals surface area contributed by atoms with Crippen LogP contribution in [0.2, 0.25) is 0 Å². The van der Waals surface area contributed by atoms with E-state index in [2.05, 4.69) is 27.7 Å². The first-order valence-corrected chi connectivity index (χ1v) is 6.56. The molecule has 0 aliphatic heterocycles. The molecule has 0 aromatic carbocycles. The molecule has 96 valence electrons. The molecule has 2 heteroatoms. The van der Waals surface area contributed by atoms with E-state index in [4.69, 9.17) is 4.74 Å². The highest BCUT2D eigenvalue weighted by molar-refractivity contribution is 4.91. The van der Waals surface area contributed by atoms with Crippen LogP contribution in [0.1, 0.15) is 59.8 Å². The summed E-state index contributed by atoms with van der Waals surface area (Å²) in [5, 5.41) is 10.7. The third-order valence-electron chi connectivity index (χ3n) is 4.42. The van der Waals surface area contributed by atoms with Crippen LogP contribution in [0.15, 0.2) is 0 Å². The van der Waals surface area contributed by atoms with Gasteiger partial charge in [0.05, 0.1) is 11.2 Å². The fourth-order valence-electron chi connectivity index (χ4n) is 2.68. The van der Waals surface area contributed by atoms with Crippen LogP contribution in [0.25, 0.3) is 0 Å². The van der Waals surface area contributed by atoms with Crippen molar-refractivity contribution in [2.24, 2.45) is 11.8 Å². The fraction of sp³-hybridized carbons (Fsp3) is 1.00. The highest BCUT2D eigenvalue weighted by atomic mass is 16.5. The molecule has 0 aromatic heterocycles. The van der Waals surface area contributed by atoms with E-state index in [1.165, 1.54) is 6.42 Å². The summed E-state index contributed by atoms with van der Waals surface area (Å²) in [7, 11) is 1.75. The molecule has 0 radical (unpaired) electrons. The number of hydrogen-bond donors (Lipinski definition) is 1. The Morgan fingerprint density at radius 3 is 2.50 bits per heavy atom. The number of rotatable bonds is 4. The maximum absolute atomic E-state index is 10.7. The van der Waals surface area contributed by atoms with E-state index >= 15 is 0 Å². The number of aliphatic hydroxyl groups is 1. The average Bonchev–Trinajstić information content (AvgIpc) is 2.22. The predicted molar refractivity (Wildman–Crippen MR) is 67.5 cm³/mol. The van der Waals surface area contributed by atoms with Crippen molar-refractivity contribution in [2.75, 3.05) is 7.11 Å². The summed E-state index contributed by atoms with van der Waals surface area (Å²) in [6.07, 6.45) is 5.16. The lowest BCUT2D eigenvalue weighted by Gasteiger charge is -2.42. The van der Waals surface area contributed by atoms with Crippen molar-refractivity contribution < 1.29 is 9.84 Å². The molecule has 1 saturated carbocycles. The molecule has 1 rings (SSSR count). The Hall–Kier alpha value is -0.0800. The molecule has 0 bridgehead atoms. The van der Waals surface area contributed by atoms with E-state index in [1.807, 2.05) is 0 Å². The predicted octanol–water partition coefficient (Wildman–Crippen LogP) is 3.38. The lowest BCUT2D eigenvalue weighted by molar-refractivity contribution is -0.0827. The van der Waals surface area contributed by atoms with E-state index in [0.717, 1.165) is 25.7 Å². The molecule has 3 unspecified atom stereocenters. The molecule has 1 N–H and O–H groups in total. The van der Waals surface area contributed by atoms with Crippen LogP contribution in [0, 0.1) is 11.8 Å². The van der Waals surface area contributed by atoms with Crippen molar-refractivity contribution in [1.82, 2.24) is 0 Å². The third-order valence-corrected chi connectivity index (χ3v) is 4.42. The monoisotopic (exact) mass is 228 g/mol. The number of ether oxygens (including phenoxy) is 1. The first-order valence-electron chi connectivity index (χ1n) is 6.56. The van der Waals surface area contributed by atoms with Crippen LogP contribution in [-0.2, 0) is 4.74 Å². The largest absolute Gasteiger partial charge is 0.390 e. The standard InChI is InChI=1S/C14H28O2/c1-11-6-7-12(2)14(15,10-11)9-8-13(3,4)16-5/h11-12,15H,6-10H2,1-5H3. The van der Waals surface area contributed by atoms with Gasteiger partial charge in [-0.15, -0.1) is 0 Å². The van der Waals surface area contributed by atoms with Gasteiger partial charge in [0.2, 0.25) is 0 Å². The molecule has 0 heterocycles. The van der Waals surface area contributed by atoms with Gasteiger partial charge in [-0.1, -0.05) is 20.3 Å². The second-order valence-electron chi connectivity index (χ2n) is 6.36. The highest BCUT2D eigenvalue weighted by Gasteiger charge is 2.39. The molecular formula is C14H28O2. The van der Waals surface area contributed by atoms with Crippen LogP contribution in [0.5, 0.6) is 0 Å². The van der Waals surface area contributed by atoms with Crippen molar-refractivity contribution in [3.63, 3.8) is 0 Å². The molecular weight excluding hydrogens is 200 g/mol. The van der Waals surface area contributed by atoms with E-state index < -0.39 is 5.60 Å². The molecule has 0 saturated heterocycles. The summed E-state index contributed by atoms with van der Waals surface area (Å²) < 4.78 is 5.42. The van der Waals surface area contributed by atoms with E-state index in [-0.39, 0.29) is 5.60 Å². The summed E-state index contributed by atoms with van der Waals surface area (Å²) in [4.78, 5) is 0. The normalized spacial score (nSPS) is 36.4. The minimum Gasteiger partial charge on any atom is -0.390 e. The van der Waals surface area contributed by atoms with Gasteiger partial charge in [-0.05, 0) is 51.4 Å². The molecule has 1 aliphatic rings.